The van der Waals surface area contributed by atoms with Crippen LogP contribution in [0.5, 0.6) is 0 Å². The van der Waals surface area contributed by atoms with Crippen molar-refractivity contribution in [2.24, 2.45) is 5.73 Å². The second kappa shape index (κ2) is 39.9. The van der Waals surface area contributed by atoms with E-state index in [0.717, 1.165) is 96.3 Å². The molecule has 60 heavy (non-hydrogen) atoms. The van der Waals surface area contributed by atoms with Crippen LogP contribution in [-0.2, 0) is 37.5 Å². The Morgan fingerprint density at radius 3 is 1.70 bits per heavy atom. The number of ether oxygens (including phenoxy) is 2. The number of phosphoric acid groups is 1. The molecule has 6 N–H and O–H groups in total. The molecule has 0 fully saturated rings. The third-order valence-electron chi connectivity index (χ3n) is 9.14. The maximum atomic E-state index is 12.6. The minimum atomic E-state index is -4.77. The van der Waals surface area contributed by atoms with Crippen LogP contribution >= 0.6 is 7.82 Å². The molecule has 0 aromatic rings. The number of aliphatic hydroxyl groups excluding tert-OH is 2. The van der Waals surface area contributed by atoms with E-state index in [1.54, 1.807) is 0 Å². The first-order chi connectivity index (χ1) is 28.9. The molecule has 1 unspecified atom stereocenters. The van der Waals surface area contributed by atoms with E-state index >= 15 is 0 Å². The molecule has 0 spiro atoms. The molecule has 0 rings (SSSR count). The van der Waals surface area contributed by atoms with Crippen molar-refractivity contribution in [3.63, 3.8) is 0 Å². The fourth-order valence-electron chi connectivity index (χ4n) is 5.52. The maximum absolute atomic E-state index is 12.6. The van der Waals surface area contributed by atoms with Gasteiger partial charge < -0.3 is 35.4 Å². The lowest BCUT2D eigenvalue weighted by Crippen LogP contribution is -2.34. The number of aliphatic carboxylic acids is 1. The monoisotopic (exact) mass is 868 g/mol. The quantitative estimate of drug-likeness (QED) is 0.0168. The fraction of sp³-hybridized carbons (Fsp3) is 0.674. The molecule has 5 atom stereocenters. The number of allylic oxidation sites excluding steroid dienone is 11. The predicted octanol–water partition coefficient (Wildman–Crippen LogP) is 9.67. The topological polar surface area (TPSA) is 212 Å². The Kier molecular flexibility index (Phi) is 37.8. The van der Waals surface area contributed by atoms with Gasteiger partial charge >= 0.3 is 25.7 Å². The number of unbranched alkanes of at least 4 members (excludes halogenated alkanes) is 10. The van der Waals surface area contributed by atoms with Gasteiger partial charge in [-0.3, -0.25) is 23.4 Å². The molecule has 0 amide bonds. The summed E-state index contributed by atoms with van der Waals surface area (Å²) in [6.07, 6.45) is 39.9. The molecule has 0 aliphatic heterocycles. The summed E-state index contributed by atoms with van der Waals surface area (Å²) in [7, 11) is -4.77. The number of carboxylic acids is 1. The Hall–Kier alpha value is -3.16. The molecule has 0 saturated heterocycles. The van der Waals surface area contributed by atoms with Crippen molar-refractivity contribution >= 4 is 25.7 Å². The van der Waals surface area contributed by atoms with Gasteiger partial charge in [0.2, 0.25) is 0 Å². The van der Waals surface area contributed by atoms with Crippen LogP contribution in [0.25, 0.3) is 0 Å². The third-order valence-corrected chi connectivity index (χ3v) is 10.1. The average Bonchev–Trinajstić information content (AvgIpc) is 3.22. The lowest BCUT2D eigenvalue weighted by molar-refractivity contribution is -0.161. The zero-order valence-electron chi connectivity index (χ0n) is 36.5. The Bertz CT molecular complexity index is 1330. The van der Waals surface area contributed by atoms with Gasteiger partial charge in [-0.25, -0.2) is 4.57 Å². The van der Waals surface area contributed by atoms with E-state index in [-0.39, 0.29) is 12.8 Å². The molecular formula is C46H78NO12P. The Morgan fingerprint density at radius 1 is 0.600 bits per heavy atom. The summed E-state index contributed by atoms with van der Waals surface area (Å²) in [4.78, 5) is 46.0. The number of rotatable bonds is 40. The average molecular weight is 868 g/mol. The Balaban J connectivity index is 4.54. The summed E-state index contributed by atoms with van der Waals surface area (Å²) in [5.41, 5.74) is 5.32. The van der Waals surface area contributed by atoms with Gasteiger partial charge in [-0.15, -0.1) is 0 Å². The molecule has 0 aromatic carbocycles. The van der Waals surface area contributed by atoms with Crippen LogP contribution < -0.4 is 5.73 Å². The van der Waals surface area contributed by atoms with Crippen molar-refractivity contribution in [2.45, 2.75) is 179 Å². The van der Waals surface area contributed by atoms with Crippen molar-refractivity contribution in [3.05, 3.63) is 72.9 Å². The molecular weight excluding hydrogens is 789 g/mol. The van der Waals surface area contributed by atoms with Crippen LogP contribution in [-0.4, -0.2) is 82.3 Å². The molecule has 0 aromatic heterocycles. The third kappa shape index (κ3) is 37.8. The molecule has 0 saturated carbocycles. The highest BCUT2D eigenvalue weighted by Crippen LogP contribution is 2.43. The van der Waals surface area contributed by atoms with Crippen molar-refractivity contribution in [1.29, 1.82) is 0 Å². The molecule has 14 heteroatoms. The summed E-state index contributed by atoms with van der Waals surface area (Å²) >= 11 is 0. The van der Waals surface area contributed by atoms with Gasteiger partial charge in [-0.05, 0) is 83.5 Å². The summed E-state index contributed by atoms with van der Waals surface area (Å²) in [5, 5.41) is 29.3. The highest BCUT2D eigenvalue weighted by Gasteiger charge is 2.28. The van der Waals surface area contributed by atoms with Crippen LogP contribution in [0.2, 0.25) is 0 Å². The Morgan fingerprint density at radius 2 is 1.10 bits per heavy atom. The zero-order chi connectivity index (χ0) is 44.5. The highest BCUT2D eigenvalue weighted by atomic mass is 31.2. The van der Waals surface area contributed by atoms with Gasteiger partial charge in [-0.1, -0.05) is 132 Å². The SMILES string of the molecule is CC/C=C\C/C=C\C/C=C\C/C=C\C/C=C\CCCCCC(=O)OC[C@H](COP(=O)(O)OC[C@H](N)C(=O)O)OC(=O)CCCCCCC[C@H](O)[C@@H](O)C/C=C\CCCCC. The van der Waals surface area contributed by atoms with Crippen molar-refractivity contribution in [2.75, 3.05) is 19.8 Å². The number of hydrogen-bond acceptors (Lipinski definition) is 11. The van der Waals surface area contributed by atoms with Gasteiger partial charge in [0.05, 0.1) is 25.4 Å². The number of carbonyl (C=O) groups is 3. The normalized spacial score (nSPS) is 15.4. The Labute approximate surface area is 360 Å². The summed E-state index contributed by atoms with van der Waals surface area (Å²) in [6, 6.07) is -1.56. The lowest BCUT2D eigenvalue weighted by atomic mass is 10.0. The molecule has 0 bridgehead atoms. The van der Waals surface area contributed by atoms with Gasteiger partial charge in [0.25, 0.3) is 0 Å². The van der Waals surface area contributed by atoms with E-state index in [1.165, 1.54) is 6.42 Å². The van der Waals surface area contributed by atoms with Crippen molar-refractivity contribution < 1.29 is 57.7 Å². The first-order valence-corrected chi connectivity index (χ1v) is 23.6. The van der Waals surface area contributed by atoms with E-state index in [4.69, 9.17) is 24.8 Å². The van der Waals surface area contributed by atoms with Gasteiger partial charge in [0.1, 0.15) is 12.6 Å². The number of esters is 2. The van der Waals surface area contributed by atoms with Crippen molar-refractivity contribution in [3.8, 4) is 0 Å². The van der Waals surface area contributed by atoms with Gasteiger partial charge in [0, 0.05) is 12.8 Å². The molecule has 0 aliphatic carbocycles. The second-order valence-corrected chi connectivity index (χ2v) is 16.2. The largest absolute Gasteiger partial charge is 0.480 e. The van der Waals surface area contributed by atoms with Crippen LogP contribution in [0.4, 0.5) is 0 Å². The molecule has 0 heterocycles. The van der Waals surface area contributed by atoms with Crippen LogP contribution in [0, 0.1) is 0 Å². The number of carbonyl (C=O) groups excluding carboxylic acids is 2. The number of hydrogen-bond donors (Lipinski definition) is 5. The van der Waals surface area contributed by atoms with Crippen molar-refractivity contribution in [1.82, 2.24) is 0 Å². The number of phosphoric ester groups is 1. The van der Waals surface area contributed by atoms with Gasteiger partial charge in [0.15, 0.2) is 6.10 Å². The van der Waals surface area contributed by atoms with Crippen LogP contribution in [0.1, 0.15) is 155 Å². The number of carboxylic acid groups (broad SMARTS) is 1. The summed E-state index contributed by atoms with van der Waals surface area (Å²) < 4.78 is 32.6. The zero-order valence-corrected chi connectivity index (χ0v) is 37.4. The minimum Gasteiger partial charge on any atom is -0.480 e. The van der Waals surface area contributed by atoms with E-state index in [2.05, 4.69) is 85.2 Å². The molecule has 344 valence electrons. The highest BCUT2D eigenvalue weighted by molar-refractivity contribution is 7.47. The maximum Gasteiger partial charge on any atom is 0.472 e. The number of nitrogens with two attached hydrogens (primary N) is 1. The minimum absolute atomic E-state index is 0.0506. The smallest absolute Gasteiger partial charge is 0.472 e. The van der Waals surface area contributed by atoms with E-state index < -0.39 is 69.9 Å². The van der Waals surface area contributed by atoms with E-state index in [0.29, 0.717) is 25.7 Å². The van der Waals surface area contributed by atoms with E-state index in [9.17, 15) is 34.1 Å². The molecule has 0 radical (unpaired) electrons. The fourth-order valence-corrected chi connectivity index (χ4v) is 6.30. The molecule has 0 aliphatic rings. The first kappa shape index (κ1) is 56.8. The predicted molar refractivity (Wildman–Crippen MR) is 238 cm³/mol. The second-order valence-electron chi connectivity index (χ2n) is 14.8. The lowest BCUT2D eigenvalue weighted by Gasteiger charge is -2.20. The van der Waals surface area contributed by atoms with E-state index in [1.807, 2.05) is 6.08 Å². The van der Waals surface area contributed by atoms with Crippen LogP contribution in [0.3, 0.4) is 0 Å². The number of aliphatic hydroxyl groups is 2. The standard InChI is InChI=1S/C46H78NO12P/c1-3-5-7-9-11-12-13-14-15-16-17-18-19-20-21-22-23-27-31-35-44(50)56-37-40(38-57-60(54,55)58-39-41(47)46(52)53)59-45(51)36-32-28-24-26-30-34-43(49)42(48)33-29-25-10-8-6-4-2/h5,7,11-12,14-15,17-18,20-21,25,29,40-43,48-49H,3-4,6,8-10,13,16,19,22-24,26-28,30-39,47H2,1-2H3,(H,52,53)(H,54,55)/b7-5-,12-11-,15-14-,18-17-,21-20-,29-25-/t40-,41+,42+,43+/m1/s1. The first-order valence-electron chi connectivity index (χ1n) is 22.1. The summed E-state index contributed by atoms with van der Waals surface area (Å²) in [6.45, 7) is 2.42. The summed E-state index contributed by atoms with van der Waals surface area (Å²) in [5.74, 6) is -2.56. The molecule has 13 nitrogen and oxygen atoms in total. The van der Waals surface area contributed by atoms with Gasteiger partial charge in [-0.2, -0.15) is 0 Å². The van der Waals surface area contributed by atoms with Crippen LogP contribution in [0.15, 0.2) is 72.9 Å².